The quantitative estimate of drug-likeness (QED) is 0.347. The first-order valence-corrected chi connectivity index (χ1v) is 3.65. The Bertz CT molecular complexity index is 221. The van der Waals surface area contributed by atoms with Crippen molar-refractivity contribution in [2.24, 2.45) is 0 Å². The Balaban J connectivity index is 2.81. The van der Waals surface area contributed by atoms with Crippen molar-refractivity contribution in [2.75, 3.05) is 0 Å². The van der Waals surface area contributed by atoms with Gasteiger partial charge in [-0.25, -0.2) is 0 Å². The maximum absolute atomic E-state index is 8.28. The lowest BCUT2D eigenvalue weighted by molar-refractivity contribution is -0.00537. The molecule has 0 amide bonds. The van der Waals surface area contributed by atoms with Crippen LogP contribution < -0.4 is 0 Å². The van der Waals surface area contributed by atoms with Gasteiger partial charge in [0.15, 0.2) is 0 Å². The van der Waals surface area contributed by atoms with Crippen LogP contribution in [0, 0.1) is 0 Å². The second-order valence-corrected chi connectivity index (χ2v) is 2.96. The highest BCUT2D eigenvalue weighted by Crippen LogP contribution is 2.12. The second-order valence-electron chi connectivity index (χ2n) is 1.72. The molecule has 0 saturated heterocycles. The summed E-state index contributed by atoms with van der Waals surface area (Å²) in [5.41, 5.74) is 9.00. The Morgan fingerprint density at radius 3 is 2.78 bits per heavy atom. The first kappa shape index (κ1) is 6.71. The topological polar surface area (TPSA) is 36.4 Å². The smallest absolute Gasteiger partial charge is 0.295 e. The van der Waals surface area contributed by atoms with Gasteiger partial charge in [0.25, 0.3) is 5.71 Å². The highest BCUT2D eigenvalue weighted by molar-refractivity contribution is 14.1. The molecule has 1 rings (SSSR count). The minimum atomic E-state index is 0.718. The van der Waals surface area contributed by atoms with Crippen molar-refractivity contribution < 1.29 is 4.79 Å². The van der Waals surface area contributed by atoms with Gasteiger partial charge in [-0.2, -0.15) is 4.79 Å². The van der Waals surface area contributed by atoms with Crippen LogP contribution in [0.1, 0.15) is 6.42 Å². The Morgan fingerprint density at radius 1 is 1.56 bits per heavy atom. The van der Waals surface area contributed by atoms with Crippen LogP contribution in [0.4, 0.5) is 0 Å². The Hall–Kier alpha value is -0.410. The van der Waals surface area contributed by atoms with Gasteiger partial charge >= 0.3 is 0 Å². The van der Waals surface area contributed by atoms with Crippen LogP contribution in [0.25, 0.3) is 5.53 Å². The van der Waals surface area contributed by atoms with Crippen LogP contribution >= 0.6 is 22.6 Å². The third-order valence-electron chi connectivity index (χ3n) is 1.07. The minimum absolute atomic E-state index is 0.718. The monoisotopic (exact) mass is 232 g/mol. The molecule has 0 spiro atoms. The van der Waals surface area contributed by atoms with Crippen LogP contribution in [0.2, 0.25) is 0 Å². The molecule has 0 heterocycles. The van der Waals surface area contributed by atoms with E-state index in [-0.39, 0.29) is 0 Å². The van der Waals surface area contributed by atoms with E-state index in [0.29, 0.717) is 0 Å². The van der Waals surface area contributed by atoms with E-state index in [9.17, 15) is 0 Å². The number of allylic oxidation sites excluding steroid dienone is 4. The van der Waals surface area contributed by atoms with E-state index in [1.807, 2.05) is 18.2 Å². The molecule has 0 bridgehead atoms. The summed E-state index contributed by atoms with van der Waals surface area (Å²) in [6.45, 7) is 0. The highest BCUT2D eigenvalue weighted by atomic mass is 127. The molecule has 9 heavy (non-hydrogen) atoms. The predicted octanol–water partition coefficient (Wildman–Crippen LogP) is 1.94. The fourth-order valence-electron chi connectivity index (χ4n) is 0.588. The van der Waals surface area contributed by atoms with Crippen LogP contribution in [0.15, 0.2) is 21.8 Å². The van der Waals surface area contributed by atoms with Crippen molar-refractivity contribution in [1.82, 2.24) is 0 Å². The van der Waals surface area contributed by atoms with Gasteiger partial charge in [0, 0.05) is 9.66 Å². The van der Waals surface area contributed by atoms with Crippen molar-refractivity contribution in [3.63, 3.8) is 0 Å². The molecule has 3 heteroatoms. The standard InChI is InChI=1S/C6H5IN2/c7-5-1-3-6(9-8)4-2-5/h1-3H,4H2. The van der Waals surface area contributed by atoms with Gasteiger partial charge in [-0.15, -0.1) is 0 Å². The van der Waals surface area contributed by atoms with E-state index in [2.05, 4.69) is 27.4 Å². The van der Waals surface area contributed by atoms with E-state index in [4.69, 9.17) is 5.53 Å². The number of hydrogen-bond donors (Lipinski definition) is 0. The zero-order valence-corrected chi connectivity index (χ0v) is 6.87. The minimum Gasteiger partial charge on any atom is -0.361 e. The molecule has 1 aliphatic carbocycles. The van der Waals surface area contributed by atoms with Gasteiger partial charge in [0.2, 0.25) is 0 Å². The lowest BCUT2D eigenvalue weighted by Gasteiger charge is -1.92. The summed E-state index contributed by atoms with van der Waals surface area (Å²) in [6.07, 6.45) is 6.47. The summed E-state index contributed by atoms with van der Waals surface area (Å²) in [5, 5.41) is 0. The third-order valence-corrected chi connectivity index (χ3v) is 1.87. The second kappa shape index (κ2) is 2.94. The van der Waals surface area contributed by atoms with Crippen LogP contribution in [0.5, 0.6) is 0 Å². The van der Waals surface area contributed by atoms with E-state index in [0.717, 1.165) is 12.1 Å². The fraction of sp³-hybridized carbons (Fsp3) is 0.167. The highest BCUT2D eigenvalue weighted by Gasteiger charge is 2.04. The predicted molar refractivity (Wildman–Crippen MR) is 44.5 cm³/mol. The molecule has 0 radical (unpaired) electrons. The molecule has 0 fully saturated rings. The van der Waals surface area contributed by atoms with E-state index >= 15 is 0 Å². The first-order chi connectivity index (χ1) is 4.33. The summed E-state index contributed by atoms with van der Waals surface area (Å²) >= 11 is 2.22. The van der Waals surface area contributed by atoms with Crippen molar-refractivity contribution in [3.05, 3.63) is 27.3 Å². The van der Waals surface area contributed by atoms with Gasteiger partial charge in [-0.3, -0.25) is 0 Å². The zero-order chi connectivity index (χ0) is 6.69. The lowest BCUT2D eigenvalue weighted by atomic mass is 10.2. The summed E-state index contributed by atoms with van der Waals surface area (Å²) in [7, 11) is 0. The Morgan fingerprint density at radius 2 is 2.33 bits per heavy atom. The largest absolute Gasteiger partial charge is 0.361 e. The van der Waals surface area contributed by atoms with Gasteiger partial charge in [0.1, 0.15) is 0 Å². The molecular formula is C6H5IN2. The Labute approximate surface area is 67.0 Å². The number of rotatable bonds is 0. The molecule has 0 aromatic rings. The average molecular weight is 232 g/mol. The molecule has 0 atom stereocenters. The summed E-state index contributed by atoms with van der Waals surface area (Å²) < 4.78 is 1.19. The lowest BCUT2D eigenvalue weighted by Crippen LogP contribution is -1.95. The van der Waals surface area contributed by atoms with Gasteiger partial charge < -0.3 is 5.53 Å². The van der Waals surface area contributed by atoms with Crippen LogP contribution in [-0.4, -0.2) is 10.5 Å². The van der Waals surface area contributed by atoms with Crippen LogP contribution in [0.3, 0.4) is 0 Å². The van der Waals surface area contributed by atoms with Crippen molar-refractivity contribution >= 4 is 28.3 Å². The van der Waals surface area contributed by atoms with Crippen molar-refractivity contribution in [2.45, 2.75) is 6.42 Å². The number of halogens is 1. The fourth-order valence-corrected chi connectivity index (χ4v) is 0.988. The van der Waals surface area contributed by atoms with E-state index in [1.165, 1.54) is 3.58 Å². The summed E-state index contributed by atoms with van der Waals surface area (Å²) in [6, 6.07) is 0. The zero-order valence-electron chi connectivity index (χ0n) is 4.71. The number of hydrogen-bond acceptors (Lipinski definition) is 0. The van der Waals surface area contributed by atoms with Gasteiger partial charge in [0.05, 0.1) is 6.42 Å². The maximum atomic E-state index is 8.28. The SMILES string of the molecule is [N-]=[N+]=C1C=CC(I)=CC1. The molecule has 0 aromatic carbocycles. The van der Waals surface area contributed by atoms with Gasteiger partial charge in [-0.1, -0.05) is 6.08 Å². The maximum Gasteiger partial charge on any atom is 0.295 e. The normalized spacial score (nSPS) is 17.0. The van der Waals surface area contributed by atoms with E-state index in [1.54, 1.807) is 0 Å². The third kappa shape index (κ3) is 1.77. The molecule has 1 aliphatic rings. The molecule has 0 N–H and O–H groups in total. The molecule has 0 aromatic heterocycles. The average Bonchev–Trinajstić information content (AvgIpc) is 1.90. The van der Waals surface area contributed by atoms with Crippen molar-refractivity contribution in [3.8, 4) is 0 Å². The Kier molecular flexibility index (Phi) is 2.19. The molecule has 2 nitrogen and oxygen atoms in total. The van der Waals surface area contributed by atoms with Gasteiger partial charge in [-0.05, 0) is 28.7 Å². The molecule has 0 saturated carbocycles. The summed E-state index contributed by atoms with van der Waals surface area (Å²) in [4.78, 5) is 3.06. The van der Waals surface area contributed by atoms with Crippen LogP contribution in [-0.2, 0) is 0 Å². The molecular weight excluding hydrogens is 227 g/mol. The molecule has 0 unspecified atom stereocenters. The van der Waals surface area contributed by atoms with E-state index < -0.39 is 0 Å². The molecule has 46 valence electrons. The van der Waals surface area contributed by atoms with Crippen molar-refractivity contribution in [1.29, 1.82) is 0 Å². The summed E-state index contributed by atoms with van der Waals surface area (Å²) in [5.74, 6) is 0. The first-order valence-electron chi connectivity index (χ1n) is 2.57. The number of nitrogens with zero attached hydrogens (tertiary/aromatic N) is 2. The molecule has 0 aliphatic heterocycles.